The zero-order chi connectivity index (χ0) is 24.4. The van der Waals surface area contributed by atoms with Crippen LogP contribution in [0.4, 0.5) is 5.69 Å². The number of fused-ring (bicyclic) bond motifs is 1. The lowest BCUT2D eigenvalue weighted by atomic mass is 9.89. The Morgan fingerprint density at radius 1 is 1.26 bits per heavy atom. The van der Waals surface area contributed by atoms with Gasteiger partial charge in [0.1, 0.15) is 5.75 Å². The molecule has 0 saturated heterocycles. The molecule has 6 nitrogen and oxygen atoms in total. The lowest BCUT2D eigenvalue weighted by Gasteiger charge is -2.38. The monoisotopic (exact) mass is 492 g/mol. The van der Waals surface area contributed by atoms with Crippen molar-refractivity contribution in [2.45, 2.75) is 77.8 Å². The molecule has 1 aliphatic heterocycles. The first-order valence-corrected chi connectivity index (χ1v) is 12.1. The number of allylic oxidation sites excluding steroid dienone is 2. The number of carbonyl (C=O) groups is 2. The topological polar surface area (TPSA) is 78.9 Å². The summed E-state index contributed by atoms with van der Waals surface area (Å²) in [5, 5.41) is 14.4. The van der Waals surface area contributed by atoms with E-state index in [0.29, 0.717) is 37.9 Å². The van der Waals surface area contributed by atoms with Crippen LogP contribution in [0.15, 0.2) is 31.4 Å². The number of nitrogens with one attached hydrogen (secondary N) is 1. The van der Waals surface area contributed by atoms with Gasteiger partial charge in [0.25, 0.3) is 0 Å². The second-order valence-corrected chi connectivity index (χ2v) is 8.90. The highest BCUT2D eigenvalue weighted by Gasteiger charge is 2.32. The van der Waals surface area contributed by atoms with Crippen LogP contribution in [0.25, 0.3) is 0 Å². The molecule has 34 heavy (non-hydrogen) atoms. The van der Waals surface area contributed by atoms with E-state index in [1.807, 2.05) is 11.0 Å². The lowest BCUT2D eigenvalue weighted by Crippen LogP contribution is -2.51. The van der Waals surface area contributed by atoms with E-state index in [-0.39, 0.29) is 36.4 Å². The molecular weight excluding hydrogens is 452 g/mol. The molecule has 0 saturated carbocycles. The molecular formula is C27H41ClN2O4. The Balaban J connectivity index is 0.00000578. The molecule has 0 spiro atoms. The van der Waals surface area contributed by atoms with Gasteiger partial charge in [-0.25, -0.2) is 0 Å². The SMILES string of the molecule is C=CCc1cc2c(c(CC=C)c1O)CCC(=O)N2C(CCC)NCCCC(C)CC(=O)OC.Cl. The summed E-state index contributed by atoms with van der Waals surface area (Å²) in [7, 11) is 1.42. The number of aromatic hydroxyl groups is 1. The highest BCUT2D eigenvalue weighted by molar-refractivity contribution is 5.97. The molecule has 1 heterocycles. The number of carbonyl (C=O) groups excluding carboxylic acids is 2. The Labute approximate surface area is 210 Å². The summed E-state index contributed by atoms with van der Waals surface area (Å²) >= 11 is 0. The maximum Gasteiger partial charge on any atom is 0.305 e. The highest BCUT2D eigenvalue weighted by atomic mass is 35.5. The second kappa shape index (κ2) is 14.8. The van der Waals surface area contributed by atoms with E-state index in [9.17, 15) is 14.7 Å². The van der Waals surface area contributed by atoms with Crippen LogP contribution in [-0.4, -0.2) is 36.8 Å². The number of rotatable bonds is 14. The van der Waals surface area contributed by atoms with Gasteiger partial charge in [0, 0.05) is 24.1 Å². The number of methoxy groups -OCH3 is 1. The van der Waals surface area contributed by atoms with Crippen LogP contribution in [0.3, 0.4) is 0 Å². The molecule has 1 aromatic rings. The standard InChI is InChI=1S/C27H40N2O4.ClH/c1-6-10-20-18-23-21(22(11-7-2)27(20)32)14-15-25(30)29(23)24(12-8-3)28-16-9-13-19(4)17-26(31)33-5;/h6-7,18-19,24,28,32H,1-2,8-17H2,3-5H3;1H. The van der Waals surface area contributed by atoms with E-state index in [1.54, 1.807) is 12.2 Å². The van der Waals surface area contributed by atoms with Gasteiger partial charge in [0.2, 0.25) is 5.91 Å². The van der Waals surface area contributed by atoms with E-state index in [0.717, 1.165) is 54.6 Å². The Bertz CT molecular complexity index is 856. The van der Waals surface area contributed by atoms with Gasteiger partial charge in [-0.1, -0.05) is 32.4 Å². The minimum Gasteiger partial charge on any atom is -0.507 e. The number of esters is 1. The van der Waals surface area contributed by atoms with Crippen molar-refractivity contribution in [3.63, 3.8) is 0 Å². The van der Waals surface area contributed by atoms with Crippen LogP contribution >= 0.6 is 12.4 Å². The summed E-state index contributed by atoms with van der Waals surface area (Å²) in [6.07, 6.45) is 9.61. The average molecular weight is 493 g/mol. The molecule has 7 heteroatoms. The fraction of sp³-hybridized carbons (Fsp3) is 0.556. The van der Waals surface area contributed by atoms with Gasteiger partial charge < -0.3 is 9.84 Å². The van der Waals surface area contributed by atoms with Crippen molar-refractivity contribution < 1.29 is 19.4 Å². The van der Waals surface area contributed by atoms with Crippen LogP contribution in [0.2, 0.25) is 0 Å². The number of halogens is 1. The molecule has 0 radical (unpaired) electrons. The third-order valence-corrected chi connectivity index (χ3v) is 6.27. The molecule has 1 aliphatic rings. The molecule has 2 unspecified atom stereocenters. The lowest BCUT2D eigenvalue weighted by molar-refractivity contribution is -0.141. The van der Waals surface area contributed by atoms with Crippen molar-refractivity contribution in [3.8, 4) is 5.75 Å². The second-order valence-electron chi connectivity index (χ2n) is 8.90. The van der Waals surface area contributed by atoms with Gasteiger partial charge >= 0.3 is 5.97 Å². The van der Waals surface area contributed by atoms with Crippen molar-refractivity contribution in [1.29, 1.82) is 0 Å². The number of benzene rings is 1. The predicted molar refractivity (Wildman–Crippen MR) is 141 cm³/mol. The number of anilines is 1. The zero-order valence-corrected chi connectivity index (χ0v) is 21.7. The maximum absolute atomic E-state index is 13.1. The number of phenolic OH excluding ortho intramolecular Hbond substituents is 1. The zero-order valence-electron chi connectivity index (χ0n) is 20.9. The van der Waals surface area contributed by atoms with E-state index >= 15 is 0 Å². The van der Waals surface area contributed by atoms with Crippen molar-refractivity contribution in [2.24, 2.45) is 5.92 Å². The van der Waals surface area contributed by atoms with Gasteiger partial charge in [-0.15, -0.1) is 25.6 Å². The van der Waals surface area contributed by atoms with E-state index in [4.69, 9.17) is 4.74 Å². The summed E-state index contributed by atoms with van der Waals surface area (Å²) in [5.74, 6) is 0.477. The third kappa shape index (κ3) is 7.60. The van der Waals surface area contributed by atoms with Crippen molar-refractivity contribution in [2.75, 3.05) is 18.6 Å². The minimum absolute atomic E-state index is 0. The average Bonchev–Trinajstić information content (AvgIpc) is 2.79. The van der Waals surface area contributed by atoms with E-state index < -0.39 is 0 Å². The molecule has 2 N–H and O–H groups in total. The number of phenols is 1. The minimum atomic E-state index is -0.177. The van der Waals surface area contributed by atoms with Crippen molar-refractivity contribution >= 4 is 30.0 Å². The smallest absolute Gasteiger partial charge is 0.305 e. The van der Waals surface area contributed by atoms with Gasteiger partial charge in [0.05, 0.1) is 13.3 Å². The third-order valence-electron chi connectivity index (χ3n) is 6.27. The van der Waals surface area contributed by atoms with Crippen molar-refractivity contribution in [1.82, 2.24) is 5.32 Å². The normalized spacial score (nSPS) is 14.6. The van der Waals surface area contributed by atoms with Crippen LogP contribution in [0.1, 0.15) is 69.1 Å². The molecule has 0 aromatic heterocycles. The quantitative estimate of drug-likeness (QED) is 0.211. The first-order chi connectivity index (χ1) is 15.9. The van der Waals surface area contributed by atoms with Gasteiger partial charge in [-0.05, 0) is 68.2 Å². The first-order valence-electron chi connectivity index (χ1n) is 12.1. The maximum atomic E-state index is 13.1. The molecule has 0 bridgehead atoms. The van der Waals surface area contributed by atoms with Gasteiger partial charge in [-0.2, -0.15) is 0 Å². The number of amides is 1. The summed E-state index contributed by atoms with van der Waals surface area (Å²) in [4.78, 5) is 26.5. The highest BCUT2D eigenvalue weighted by Crippen LogP contribution is 2.40. The summed E-state index contributed by atoms with van der Waals surface area (Å²) in [6.45, 7) is 12.6. The van der Waals surface area contributed by atoms with Crippen LogP contribution in [-0.2, 0) is 33.6 Å². The Morgan fingerprint density at radius 2 is 1.97 bits per heavy atom. The molecule has 0 fully saturated rings. The number of ether oxygens (including phenoxy) is 1. The van der Waals surface area contributed by atoms with Crippen LogP contribution < -0.4 is 10.2 Å². The Hall–Kier alpha value is -2.31. The van der Waals surface area contributed by atoms with Gasteiger partial charge in [0.15, 0.2) is 0 Å². The molecule has 2 rings (SSSR count). The molecule has 0 aliphatic carbocycles. The number of nitrogens with zero attached hydrogens (tertiary/aromatic N) is 1. The Kier molecular flexibility index (Phi) is 13.0. The number of hydrogen-bond donors (Lipinski definition) is 2. The fourth-order valence-electron chi connectivity index (χ4n) is 4.59. The van der Waals surface area contributed by atoms with Crippen molar-refractivity contribution in [3.05, 3.63) is 48.1 Å². The first kappa shape index (κ1) is 29.7. The van der Waals surface area contributed by atoms with Crippen LogP contribution in [0, 0.1) is 5.92 Å². The molecule has 1 amide bonds. The number of hydrogen-bond acceptors (Lipinski definition) is 5. The molecule has 2 atom stereocenters. The predicted octanol–water partition coefficient (Wildman–Crippen LogP) is 5.25. The van der Waals surface area contributed by atoms with E-state index in [1.165, 1.54) is 7.11 Å². The molecule has 190 valence electrons. The largest absolute Gasteiger partial charge is 0.507 e. The summed E-state index contributed by atoms with van der Waals surface area (Å²) in [5.41, 5.74) is 3.58. The Morgan fingerprint density at radius 3 is 2.59 bits per heavy atom. The fourth-order valence-corrected chi connectivity index (χ4v) is 4.59. The van der Waals surface area contributed by atoms with Gasteiger partial charge in [-0.3, -0.25) is 19.8 Å². The van der Waals surface area contributed by atoms with E-state index in [2.05, 4.69) is 32.3 Å². The summed E-state index contributed by atoms with van der Waals surface area (Å²) in [6, 6.07) is 1.96. The molecule has 1 aromatic carbocycles. The summed E-state index contributed by atoms with van der Waals surface area (Å²) < 4.78 is 4.76. The van der Waals surface area contributed by atoms with Crippen LogP contribution in [0.5, 0.6) is 5.75 Å².